The van der Waals surface area contributed by atoms with Gasteiger partial charge < -0.3 is 46.0 Å². The minimum Gasteiger partial charge on any atom is -0.390 e. The molecule has 0 saturated heterocycles. The number of nitrogens with zero attached hydrogens (tertiary/aromatic N) is 6. The number of hydrogen-bond acceptors (Lipinski definition) is 15. The van der Waals surface area contributed by atoms with Crippen molar-refractivity contribution in [1.82, 2.24) is 62.0 Å². The van der Waals surface area contributed by atoms with Crippen LogP contribution in [-0.2, 0) is 40.1 Å². The van der Waals surface area contributed by atoms with Crippen LogP contribution in [0.1, 0.15) is 236 Å². The second-order valence-corrected chi connectivity index (χ2v) is 32.8. The molecule has 0 fully saturated rings. The van der Waals surface area contributed by atoms with E-state index in [2.05, 4.69) is 50.0 Å². The summed E-state index contributed by atoms with van der Waals surface area (Å²) in [4.78, 5) is 123. The molecule has 0 aromatic heterocycles. The molecular weight excluding hydrogens is 1690 g/mol. The van der Waals surface area contributed by atoms with Gasteiger partial charge in [-0.05, 0) is 177 Å². The Kier molecular flexibility index (Phi) is 47.1. The summed E-state index contributed by atoms with van der Waals surface area (Å²) in [6, 6.07) is 28.5. The van der Waals surface area contributed by atoms with Gasteiger partial charge in [0.15, 0.2) is 0 Å². The second kappa shape index (κ2) is 56.4. The molecule has 0 aliphatic heterocycles. The molecule has 6 atom stereocenters. The number of rotatable bonds is 47. The lowest BCUT2D eigenvalue weighted by atomic mass is 9.99. The predicted octanol–water partition coefficient (Wildman–Crippen LogP) is 12.7. The molecule has 0 saturated carbocycles. The largest absolute Gasteiger partial charge is 0.390 e. The topological polar surface area (TPSA) is 306 Å². The van der Waals surface area contributed by atoms with Gasteiger partial charge in [0.25, 0.3) is 35.4 Å². The van der Waals surface area contributed by atoms with E-state index in [0.717, 1.165) is 105 Å². The lowest BCUT2D eigenvalue weighted by molar-refractivity contribution is -0.130. The van der Waals surface area contributed by atoms with Crippen LogP contribution in [-0.4, -0.2) is 214 Å². The third-order valence-electron chi connectivity index (χ3n) is 20.7. The van der Waals surface area contributed by atoms with Crippen molar-refractivity contribution in [1.29, 1.82) is 0 Å². The number of hydrazine groups is 3. The molecule has 7 aromatic rings. The van der Waals surface area contributed by atoms with E-state index in [1.165, 1.54) is 46.4 Å². The third kappa shape index (κ3) is 37.3. The number of aliphatic hydroxyl groups excluding tert-OH is 3. The number of benzene rings is 7. The Bertz CT molecular complexity index is 5000. The monoisotopic (exact) mass is 1810 g/mol. The summed E-state index contributed by atoms with van der Waals surface area (Å²) in [6.07, 6.45) is 19.0. The zero-order valence-corrected chi connectivity index (χ0v) is 77.4. The Morgan fingerprint density at radius 1 is 0.359 bits per heavy atom. The van der Waals surface area contributed by atoms with Crippen LogP contribution in [0.15, 0.2) is 140 Å². The zero-order valence-electron chi connectivity index (χ0n) is 77.4. The minimum atomic E-state index is -1.28. The number of hydrogen-bond donors (Lipinski definition) is 9. The van der Waals surface area contributed by atoms with Gasteiger partial charge in [-0.15, -0.1) is 19.3 Å². The highest BCUT2D eigenvalue weighted by Crippen LogP contribution is 2.23. The fraction of sp³-hybridized carbons (Fsp3) is 0.436. The quantitative estimate of drug-likeness (QED) is 0.00973. The van der Waals surface area contributed by atoms with Crippen LogP contribution in [0.25, 0.3) is 0 Å². The van der Waals surface area contributed by atoms with E-state index in [1.54, 1.807) is 79.6 Å². The van der Waals surface area contributed by atoms with Crippen LogP contribution in [0.5, 0.6) is 0 Å². The van der Waals surface area contributed by atoms with Crippen molar-refractivity contribution in [3.05, 3.63) is 247 Å². The lowest BCUT2D eigenvalue weighted by Crippen LogP contribution is -2.53. The normalized spacial score (nSPS) is 12.4. The van der Waals surface area contributed by atoms with E-state index >= 15 is 0 Å². The first kappa shape index (κ1) is 109. The van der Waals surface area contributed by atoms with Crippen LogP contribution < -0.4 is 32.2 Å². The fourth-order valence-electron chi connectivity index (χ4n) is 14.1. The zero-order chi connectivity index (χ0) is 97.1. The van der Waals surface area contributed by atoms with Crippen LogP contribution in [0.3, 0.4) is 0 Å². The van der Waals surface area contributed by atoms with Crippen LogP contribution in [0.4, 0.5) is 26.3 Å². The van der Waals surface area contributed by atoms with Crippen molar-refractivity contribution in [2.75, 3.05) is 79.0 Å². The maximum atomic E-state index is 14.2. The minimum absolute atomic E-state index is 0.0746. The van der Waals surface area contributed by atoms with Crippen molar-refractivity contribution >= 4 is 53.2 Å². The van der Waals surface area contributed by atoms with E-state index in [-0.39, 0.29) is 143 Å². The summed E-state index contributed by atoms with van der Waals surface area (Å²) in [5, 5.41) is 46.6. The Morgan fingerprint density at radius 3 is 0.947 bits per heavy atom. The molecule has 9 amide bonds. The number of carbonyl (C=O) groups excluding carboxylic acids is 9. The average Bonchev–Trinajstić information content (AvgIpc) is 0.822. The van der Waals surface area contributed by atoms with E-state index in [4.69, 9.17) is 19.3 Å². The molecule has 30 heteroatoms. The van der Waals surface area contributed by atoms with Gasteiger partial charge in [-0.1, -0.05) is 138 Å². The van der Waals surface area contributed by atoms with E-state index < -0.39 is 89.1 Å². The van der Waals surface area contributed by atoms with Crippen LogP contribution in [0, 0.1) is 83.8 Å². The molecule has 131 heavy (non-hydrogen) atoms. The van der Waals surface area contributed by atoms with Crippen molar-refractivity contribution in [3.8, 4) is 37.0 Å². The summed E-state index contributed by atoms with van der Waals surface area (Å²) in [6.45, 7) is 26.3. The van der Waals surface area contributed by atoms with Gasteiger partial charge >= 0.3 is 0 Å². The number of aliphatic hydroxyl groups is 3. The molecule has 0 aliphatic carbocycles. The Labute approximate surface area is 767 Å². The number of nitrogens with one attached hydrogen (secondary N) is 6. The Morgan fingerprint density at radius 2 is 0.656 bits per heavy atom. The van der Waals surface area contributed by atoms with Gasteiger partial charge in [-0.3, -0.25) is 59.4 Å². The first-order valence-electron chi connectivity index (χ1n) is 44.6. The summed E-state index contributed by atoms with van der Waals surface area (Å²) in [5.74, 6) is -1.38. The molecule has 0 heterocycles. The van der Waals surface area contributed by atoms with Crippen molar-refractivity contribution in [3.63, 3.8) is 0 Å². The predicted molar refractivity (Wildman–Crippen MR) is 495 cm³/mol. The van der Waals surface area contributed by atoms with Gasteiger partial charge in [-0.2, -0.15) is 0 Å². The van der Waals surface area contributed by atoms with E-state index in [1.807, 2.05) is 78.8 Å². The number of terminal acetylenes is 3. The highest BCUT2D eigenvalue weighted by Gasteiger charge is 2.32. The number of unbranched alkanes of at least 4 members (excludes halogenated alkanes) is 1. The van der Waals surface area contributed by atoms with Gasteiger partial charge in [0.05, 0.1) is 42.9 Å². The smallest absolute Gasteiger partial charge is 0.253 e. The van der Waals surface area contributed by atoms with E-state index in [9.17, 15) is 84.8 Å². The Hall–Kier alpha value is -12.2. The summed E-state index contributed by atoms with van der Waals surface area (Å²) < 4.78 is 84.1. The number of likely N-dealkylation sites (N-methyl/N-ethyl adjacent to an activating group) is 2. The molecule has 24 nitrogen and oxygen atoms in total. The molecule has 0 bridgehead atoms. The maximum absolute atomic E-state index is 14.2. The van der Waals surface area contributed by atoms with Crippen molar-refractivity contribution in [2.45, 2.75) is 197 Å². The second-order valence-electron chi connectivity index (χ2n) is 32.8. The summed E-state index contributed by atoms with van der Waals surface area (Å²) >= 11 is 0. The van der Waals surface area contributed by atoms with Crippen LogP contribution in [0.2, 0.25) is 0 Å². The standard InChI is InChI=1S/C38H46F2N4O4.C32H42F2N4O4.C31H40F2N4O4/c1-5-9-17-44(42-36(46)23-28-13-11-10-12-14-28)26-35(45)34(22-29-20-32(39)25-33(40)21-29)41-37(47)30-18-27(8-4)19-31(24-30)38(48)43(15-6-2)16-7-3;1-7-11-37(12-8-2)32(42)25-14-22(9-3)13-24(18-25)31(41)35-28(17-23-15-26(33)19-27(34)16-23)29(39)20-38(10-4)36-30(40)21(5)6;1-7-10-37(11-8-2)31(41)24-13-21(9-3)12-23(17-24)30(40)34-27(16-22-14-25(32)18-26(33)15-22)28(38)19-36(6)35-29(39)20(4)5/h4,10-14,18-21,24-25,34-35,45H,5-7,9,15-17,22-23,26H2,1-3H3,(H,41,47)(H,42,46);3,13-16,18-19,21,28-29,39H,7-8,10-12,17,20H2,1-2,4-6H3,(H,35,41)(H,36,40);3,12-15,17-18,20,27-28,38H,7-8,10-11,16,19H2,1-2,4-6H3,(H,34,40)(H,35,39). The van der Waals surface area contributed by atoms with Crippen molar-refractivity contribution in [2.24, 2.45) is 11.8 Å². The number of halogens is 6. The summed E-state index contributed by atoms with van der Waals surface area (Å²) in [5.41, 5.74) is 11.7. The third-order valence-corrected chi connectivity index (χ3v) is 20.7. The Balaban J connectivity index is 0.000000349. The first-order valence-corrected chi connectivity index (χ1v) is 44.6. The molecule has 6 unspecified atom stereocenters. The van der Waals surface area contributed by atoms with Gasteiger partial charge in [-0.25, -0.2) is 41.4 Å². The molecule has 7 rings (SSSR count). The molecule has 9 N–H and O–H groups in total. The average molecular weight is 1820 g/mol. The number of amides is 9. The molecule has 7 aromatic carbocycles. The van der Waals surface area contributed by atoms with Crippen LogP contribution >= 0.6 is 0 Å². The molecule has 706 valence electrons. The van der Waals surface area contributed by atoms with Gasteiger partial charge in [0.2, 0.25) is 17.7 Å². The summed E-state index contributed by atoms with van der Waals surface area (Å²) in [7, 11) is 1.55. The SMILES string of the molecule is C#Cc1cc(C(=O)NC(Cc2cc(F)cc(F)c2)C(O)CN(C)NC(=O)C(C)C)cc(C(=O)N(CCC)CCC)c1.C#Cc1cc(C(=O)NC(Cc2cc(F)cc(F)c2)C(O)CN(CC)NC(=O)C(C)C)cc(C(=O)N(CCC)CCC)c1.C#Cc1cc(C(=O)NC(Cc2cc(F)cc(F)c2)C(O)CN(CCCC)NC(=O)Cc2ccccc2)cc(C(=O)N(CCC)CCC)c1. The molecule has 0 spiro atoms. The van der Waals surface area contributed by atoms with E-state index in [0.29, 0.717) is 75.5 Å². The van der Waals surface area contributed by atoms with Crippen molar-refractivity contribution < 1.29 is 84.8 Å². The van der Waals surface area contributed by atoms with Gasteiger partial charge in [0, 0.05) is 159 Å². The molecule has 0 radical (unpaired) electrons. The molecule has 0 aliphatic rings. The molecular formula is C101H128F6N12O12. The highest BCUT2D eigenvalue weighted by atomic mass is 19.2. The highest BCUT2D eigenvalue weighted by molar-refractivity contribution is 6.02. The maximum Gasteiger partial charge on any atom is 0.253 e. The first-order chi connectivity index (χ1) is 62.3. The number of carbonyl (C=O) groups is 9. The lowest BCUT2D eigenvalue weighted by Gasteiger charge is -2.30. The fourth-order valence-corrected chi connectivity index (χ4v) is 14.1. The van der Waals surface area contributed by atoms with Gasteiger partial charge in [0.1, 0.15) is 34.9 Å².